The van der Waals surface area contributed by atoms with Crippen LogP contribution < -0.4 is 9.47 Å². The molecule has 1 fully saturated rings. The lowest BCUT2D eigenvalue weighted by Gasteiger charge is -2.25. The van der Waals surface area contributed by atoms with Crippen LogP contribution in [0.4, 0.5) is 0 Å². The number of benzene rings is 1. The lowest BCUT2D eigenvalue weighted by Crippen LogP contribution is -2.24. The maximum atomic E-state index is 10.9. The fraction of sp³-hybridized carbons (Fsp3) is 0.500. The van der Waals surface area contributed by atoms with Gasteiger partial charge in [0, 0.05) is 11.3 Å². The van der Waals surface area contributed by atoms with Gasteiger partial charge in [-0.3, -0.25) is 4.79 Å². The van der Waals surface area contributed by atoms with E-state index in [2.05, 4.69) is 0 Å². The van der Waals surface area contributed by atoms with Crippen LogP contribution in [0.25, 0.3) is 0 Å². The van der Waals surface area contributed by atoms with Gasteiger partial charge in [-0.25, -0.2) is 0 Å². The third kappa shape index (κ3) is 3.80. The summed E-state index contributed by atoms with van der Waals surface area (Å²) in [6.07, 6.45) is 2.24. The number of hydrogen-bond acceptors (Lipinski definition) is 4. The molecule has 0 amide bonds. The van der Waals surface area contributed by atoms with Gasteiger partial charge in [0.2, 0.25) is 0 Å². The molecule has 0 spiro atoms. The second-order valence-corrected chi connectivity index (χ2v) is 5.63. The lowest BCUT2D eigenvalue weighted by molar-refractivity contribution is -0.136. The second kappa shape index (κ2) is 6.70. The number of ether oxygens (including phenoxy) is 2. The highest BCUT2D eigenvalue weighted by Gasteiger charge is 2.20. The van der Waals surface area contributed by atoms with Crippen LogP contribution >= 0.6 is 11.8 Å². The molecule has 104 valence electrons. The predicted octanol–water partition coefficient (Wildman–Crippen LogP) is 2.60. The molecule has 0 bridgehead atoms. The topological polar surface area (TPSA) is 55.8 Å². The first-order valence-electron chi connectivity index (χ1n) is 6.32. The fourth-order valence-corrected chi connectivity index (χ4v) is 3.16. The highest BCUT2D eigenvalue weighted by Crippen LogP contribution is 2.34. The summed E-state index contributed by atoms with van der Waals surface area (Å²) < 4.78 is 11.3. The van der Waals surface area contributed by atoms with Gasteiger partial charge in [-0.15, -0.1) is 0 Å². The zero-order valence-corrected chi connectivity index (χ0v) is 11.7. The molecule has 0 radical (unpaired) electrons. The first-order valence-corrected chi connectivity index (χ1v) is 7.48. The van der Waals surface area contributed by atoms with E-state index in [1.165, 1.54) is 5.75 Å². The zero-order valence-electron chi connectivity index (χ0n) is 10.9. The van der Waals surface area contributed by atoms with Crippen molar-refractivity contribution in [3.8, 4) is 11.5 Å². The first kappa shape index (κ1) is 14.1. The van der Waals surface area contributed by atoms with Crippen molar-refractivity contribution in [2.45, 2.75) is 25.4 Å². The number of hydrogen-bond donors (Lipinski definition) is 1. The Morgan fingerprint density at radius 2 is 2.37 bits per heavy atom. The van der Waals surface area contributed by atoms with Crippen LogP contribution in [0.3, 0.4) is 0 Å². The quantitative estimate of drug-likeness (QED) is 0.899. The summed E-state index contributed by atoms with van der Waals surface area (Å²) in [5.74, 6) is 2.45. The molecule has 0 aromatic heterocycles. The molecule has 19 heavy (non-hydrogen) atoms. The van der Waals surface area contributed by atoms with Crippen molar-refractivity contribution in [3.63, 3.8) is 0 Å². The number of aliphatic carboxylic acids is 1. The Bertz CT molecular complexity index is 441. The molecule has 1 aliphatic heterocycles. The van der Waals surface area contributed by atoms with E-state index in [9.17, 15) is 4.79 Å². The van der Waals surface area contributed by atoms with Crippen molar-refractivity contribution in [2.75, 3.05) is 18.6 Å². The van der Waals surface area contributed by atoms with Crippen LogP contribution in [-0.4, -0.2) is 35.8 Å². The Morgan fingerprint density at radius 1 is 1.53 bits per heavy atom. The highest BCUT2D eigenvalue weighted by molar-refractivity contribution is 7.99. The fourth-order valence-electron chi connectivity index (χ4n) is 2.13. The monoisotopic (exact) mass is 282 g/mol. The number of methoxy groups -OCH3 is 1. The summed E-state index contributed by atoms with van der Waals surface area (Å²) in [5.41, 5.74) is 0.669. The number of rotatable bonds is 5. The van der Waals surface area contributed by atoms with Crippen LogP contribution in [0.15, 0.2) is 18.2 Å². The van der Waals surface area contributed by atoms with Crippen LogP contribution in [0, 0.1) is 0 Å². The average molecular weight is 282 g/mol. The predicted molar refractivity (Wildman–Crippen MR) is 75.3 cm³/mol. The Labute approximate surface area is 117 Å². The maximum Gasteiger partial charge on any atom is 0.307 e. The summed E-state index contributed by atoms with van der Waals surface area (Å²) in [6.45, 7) is 0. The molecule has 1 unspecified atom stereocenters. The zero-order chi connectivity index (χ0) is 13.7. The first-order chi connectivity index (χ1) is 9.20. The standard InChI is InChI=1S/C14H18O4S/c1-17-12-6-2-4-10(8-13(15)16)14(12)18-11-5-3-7-19-9-11/h2,4,6,11H,3,5,7-9H2,1H3,(H,15,16). The molecule has 1 aromatic rings. The molecule has 1 heterocycles. The van der Waals surface area contributed by atoms with E-state index >= 15 is 0 Å². The van der Waals surface area contributed by atoms with Gasteiger partial charge in [-0.2, -0.15) is 11.8 Å². The van der Waals surface area contributed by atoms with Crippen molar-refractivity contribution in [2.24, 2.45) is 0 Å². The minimum absolute atomic E-state index is 0.0492. The van der Waals surface area contributed by atoms with Gasteiger partial charge >= 0.3 is 5.97 Å². The summed E-state index contributed by atoms with van der Waals surface area (Å²) in [5, 5.41) is 8.96. The van der Waals surface area contributed by atoms with Gasteiger partial charge in [0.05, 0.1) is 13.5 Å². The molecule has 4 nitrogen and oxygen atoms in total. The van der Waals surface area contributed by atoms with E-state index in [4.69, 9.17) is 14.6 Å². The Morgan fingerprint density at radius 3 is 3.00 bits per heavy atom. The van der Waals surface area contributed by atoms with Crippen molar-refractivity contribution in [1.29, 1.82) is 0 Å². The van der Waals surface area contributed by atoms with Gasteiger partial charge < -0.3 is 14.6 Å². The average Bonchev–Trinajstić information content (AvgIpc) is 2.41. The molecule has 2 rings (SSSR count). The third-order valence-corrected chi connectivity index (χ3v) is 4.21. The Hall–Kier alpha value is -1.36. The molecular weight excluding hydrogens is 264 g/mol. The number of carboxylic acid groups (broad SMARTS) is 1. The summed E-state index contributed by atoms with van der Waals surface area (Å²) in [6, 6.07) is 5.37. The van der Waals surface area contributed by atoms with E-state index in [1.807, 2.05) is 11.8 Å². The van der Waals surface area contributed by atoms with Gasteiger partial charge in [-0.1, -0.05) is 12.1 Å². The van der Waals surface area contributed by atoms with Crippen molar-refractivity contribution in [1.82, 2.24) is 0 Å². The number of carbonyl (C=O) groups is 1. The number of para-hydroxylation sites is 1. The van der Waals surface area contributed by atoms with E-state index in [-0.39, 0.29) is 12.5 Å². The van der Waals surface area contributed by atoms with Crippen molar-refractivity contribution >= 4 is 17.7 Å². The molecule has 5 heteroatoms. The molecule has 1 N–H and O–H groups in total. The van der Waals surface area contributed by atoms with E-state index < -0.39 is 5.97 Å². The molecule has 1 aliphatic rings. The minimum atomic E-state index is -0.865. The normalized spacial score (nSPS) is 18.9. The van der Waals surface area contributed by atoms with Crippen LogP contribution in [-0.2, 0) is 11.2 Å². The highest BCUT2D eigenvalue weighted by atomic mass is 32.2. The maximum absolute atomic E-state index is 10.9. The van der Waals surface area contributed by atoms with Crippen LogP contribution in [0.1, 0.15) is 18.4 Å². The third-order valence-electron chi connectivity index (χ3n) is 3.03. The molecule has 0 saturated carbocycles. The molecule has 1 saturated heterocycles. The molecule has 1 aromatic carbocycles. The van der Waals surface area contributed by atoms with Gasteiger partial charge in [0.1, 0.15) is 6.10 Å². The van der Waals surface area contributed by atoms with Gasteiger partial charge in [0.25, 0.3) is 0 Å². The number of carboxylic acids is 1. The molecular formula is C14H18O4S. The summed E-state index contributed by atoms with van der Waals surface area (Å²) in [7, 11) is 1.57. The molecule has 1 atom stereocenters. The van der Waals surface area contributed by atoms with Crippen molar-refractivity contribution in [3.05, 3.63) is 23.8 Å². The van der Waals surface area contributed by atoms with Gasteiger partial charge in [0.15, 0.2) is 11.5 Å². The summed E-state index contributed by atoms with van der Waals surface area (Å²) >= 11 is 1.87. The largest absolute Gasteiger partial charge is 0.493 e. The van der Waals surface area contributed by atoms with Crippen LogP contribution in [0.5, 0.6) is 11.5 Å². The minimum Gasteiger partial charge on any atom is -0.493 e. The SMILES string of the molecule is COc1cccc(CC(=O)O)c1OC1CCCSC1. The summed E-state index contributed by atoms with van der Waals surface area (Å²) in [4.78, 5) is 10.9. The smallest absolute Gasteiger partial charge is 0.307 e. The Balaban J connectivity index is 2.21. The Kier molecular flexibility index (Phi) is 4.96. The van der Waals surface area contributed by atoms with E-state index in [0.29, 0.717) is 17.1 Å². The lowest BCUT2D eigenvalue weighted by atomic mass is 10.1. The molecule has 0 aliphatic carbocycles. The second-order valence-electron chi connectivity index (χ2n) is 4.48. The van der Waals surface area contributed by atoms with Gasteiger partial charge in [-0.05, 0) is 24.7 Å². The van der Waals surface area contributed by atoms with Crippen molar-refractivity contribution < 1.29 is 19.4 Å². The van der Waals surface area contributed by atoms with E-state index in [1.54, 1.807) is 25.3 Å². The van der Waals surface area contributed by atoms with E-state index in [0.717, 1.165) is 18.6 Å². The van der Waals surface area contributed by atoms with Crippen LogP contribution in [0.2, 0.25) is 0 Å². The number of thioether (sulfide) groups is 1.